The highest BCUT2D eigenvalue weighted by Crippen LogP contribution is 2.25. The molecule has 0 fully saturated rings. The molecule has 2 heterocycles. The number of hydrogen-bond donors (Lipinski definition) is 0. The molecule has 4 rings (SSSR count). The minimum absolute atomic E-state index is 0.0225. The number of tetrazole rings is 1. The van der Waals surface area contributed by atoms with E-state index in [1.54, 1.807) is 7.05 Å². The van der Waals surface area contributed by atoms with Crippen LogP contribution in [0.5, 0.6) is 0 Å². The first-order chi connectivity index (χ1) is 14.9. The van der Waals surface area contributed by atoms with Crippen LogP contribution in [0.15, 0.2) is 64.2 Å². The largest absolute Gasteiger partial charge is 0.417 e. The number of oxime groups is 1. The molecule has 2 aromatic carbocycles. The van der Waals surface area contributed by atoms with Crippen molar-refractivity contribution in [1.82, 2.24) is 30.4 Å². The van der Waals surface area contributed by atoms with E-state index in [0.717, 1.165) is 11.1 Å². The summed E-state index contributed by atoms with van der Waals surface area (Å²) in [4.78, 5) is 5.51. The second-order valence-electron chi connectivity index (χ2n) is 8.03. The van der Waals surface area contributed by atoms with Crippen LogP contribution >= 0.6 is 0 Å². The Balaban J connectivity index is 1.49. The highest BCUT2D eigenvalue weighted by molar-refractivity contribution is 6.10. The lowest BCUT2D eigenvalue weighted by Crippen LogP contribution is -2.12. The van der Waals surface area contributed by atoms with Gasteiger partial charge in [0.2, 0.25) is 11.7 Å². The fraction of sp³-hybridized carbons (Fsp3) is 0.273. The minimum Gasteiger partial charge on any atom is -0.417 e. The molecule has 0 amide bonds. The van der Waals surface area contributed by atoms with Gasteiger partial charge in [0.1, 0.15) is 0 Å². The highest BCUT2D eigenvalue weighted by atomic mass is 16.6. The first-order valence-corrected chi connectivity index (χ1v) is 9.83. The SMILES string of the molecule is Cn1nnnc1/C(=N\OCc1nnc(-c2ccc(C(C)(C)C)cc2)o1)c1ccccc1. The second kappa shape index (κ2) is 8.47. The molecular weight excluding hydrogens is 394 g/mol. The predicted molar refractivity (Wildman–Crippen MR) is 114 cm³/mol. The van der Waals surface area contributed by atoms with E-state index < -0.39 is 0 Å². The Morgan fingerprint density at radius 3 is 2.39 bits per heavy atom. The van der Waals surface area contributed by atoms with Crippen molar-refractivity contribution in [2.24, 2.45) is 12.2 Å². The summed E-state index contributed by atoms with van der Waals surface area (Å²) >= 11 is 0. The van der Waals surface area contributed by atoms with Crippen molar-refractivity contribution in [3.05, 3.63) is 77.4 Å². The zero-order chi connectivity index (χ0) is 21.8. The summed E-state index contributed by atoms with van der Waals surface area (Å²) in [5.41, 5.74) is 3.50. The first-order valence-electron chi connectivity index (χ1n) is 9.83. The third-order valence-electron chi connectivity index (χ3n) is 4.69. The van der Waals surface area contributed by atoms with Crippen LogP contribution < -0.4 is 0 Å². The van der Waals surface area contributed by atoms with E-state index in [1.165, 1.54) is 10.2 Å². The Hall–Kier alpha value is -3.88. The van der Waals surface area contributed by atoms with Gasteiger partial charge in [0.15, 0.2) is 12.3 Å². The Kier molecular flexibility index (Phi) is 5.57. The monoisotopic (exact) mass is 417 g/mol. The topological polar surface area (TPSA) is 104 Å². The molecule has 0 aliphatic carbocycles. The van der Waals surface area contributed by atoms with Crippen molar-refractivity contribution in [3.63, 3.8) is 0 Å². The lowest BCUT2D eigenvalue weighted by atomic mass is 9.87. The molecule has 0 saturated heterocycles. The molecular formula is C22H23N7O2. The van der Waals surface area contributed by atoms with Gasteiger partial charge in [-0.1, -0.05) is 68.4 Å². The van der Waals surface area contributed by atoms with Crippen LogP contribution in [0.1, 0.15) is 43.6 Å². The Bertz CT molecular complexity index is 1170. The van der Waals surface area contributed by atoms with Crippen LogP contribution in [-0.2, 0) is 23.9 Å². The summed E-state index contributed by atoms with van der Waals surface area (Å²) in [7, 11) is 1.74. The molecule has 9 heteroatoms. The highest BCUT2D eigenvalue weighted by Gasteiger charge is 2.16. The minimum atomic E-state index is 0.0225. The van der Waals surface area contributed by atoms with Crippen LogP contribution in [0.25, 0.3) is 11.5 Å². The third kappa shape index (κ3) is 4.66. The number of aromatic nitrogens is 6. The smallest absolute Gasteiger partial charge is 0.257 e. The molecule has 0 aliphatic rings. The summed E-state index contributed by atoms with van der Waals surface area (Å²) in [5, 5.41) is 24.0. The molecule has 31 heavy (non-hydrogen) atoms. The fourth-order valence-corrected chi connectivity index (χ4v) is 2.94. The van der Waals surface area contributed by atoms with E-state index in [2.05, 4.69) is 63.8 Å². The summed E-state index contributed by atoms with van der Waals surface area (Å²) < 4.78 is 7.26. The average molecular weight is 417 g/mol. The van der Waals surface area contributed by atoms with E-state index in [-0.39, 0.29) is 12.0 Å². The summed E-state index contributed by atoms with van der Waals surface area (Å²) in [6, 6.07) is 17.6. The van der Waals surface area contributed by atoms with E-state index in [0.29, 0.717) is 23.3 Å². The molecule has 4 aromatic rings. The van der Waals surface area contributed by atoms with Gasteiger partial charge < -0.3 is 9.25 Å². The van der Waals surface area contributed by atoms with Crippen LogP contribution in [0.3, 0.4) is 0 Å². The lowest BCUT2D eigenvalue weighted by Gasteiger charge is -2.18. The lowest BCUT2D eigenvalue weighted by molar-refractivity contribution is 0.111. The predicted octanol–water partition coefficient (Wildman–Crippen LogP) is 3.53. The van der Waals surface area contributed by atoms with Crippen molar-refractivity contribution < 1.29 is 9.25 Å². The standard InChI is InChI=1S/C22H23N7O2/c1-22(2,3)17-12-10-16(11-13-17)21-25-23-18(31-21)14-30-26-19(15-8-6-5-7-9-15)20-24-27-28-29(20)4/h5-13H,14H2,1-4H3/b26-19-. The van der Waals surface area contributed by atoms with E-state index >= 15 is 0 Å². The van der Waals surface area contributed by atoms with Gasteiger partial charge in [0, 0.05) is 18.2 Å². The zero-order valence-corrected chi connectivity index (χ0v) is 17.9. The summed E-state index contributed by atoms with van der Waals surface area (Å²) in [6.45, 7) is 6.54. The van der Waals surface area contributed by atoms with Gasteiger partial charge in [-0.25, -0.2) is 4.68 Å². The number of aryl methyl sites for hydroxylation is 1. The molecule has 2 aromatic heterocycles. The van der Waals surface area contributed by atoms with E-state index in [1.807, 2.05) is 42.5 Å². The van der Waals surface area contributed by atoms with Gasteiger partial charge in [0.25, 0.3) is 5.89 Å². The molecule has 0 radical (unpaired) electrons. The number of benzene rings is 2. The van der Waals surface area contributed by atoms with Crippen LogP contribution in [-0.4, -0.2) is 36.1 Å². The molecule has 9 nitrogen and oxygen atoms in total. The second-order valence-corrected chi connectivity index (χ2v) is 8.03. The summed E-state index contributed by atoms with van der Waals surface area (Å²) in [5.74, 6) is 1.24. The van der Waals surface area contributed by atoms with Gasteiger partial charge >= 0.3 is 0 Å². The summed E-state index contributed by atoms with van der Waals surface area (Å²) in [6.07, 6.45) is 0. The maximum Gasteiger partial charge on any atom is 0.257 e. The zero-order valence-electron chi connectivity index (χ0n) is 17.9. The molecule has 0 unspecified atom stereocenters. The van der Waals surface area contributed by atoms with Gasteiger partial charge in [-0.15, -0.1) is 15.3 Å². The van der Waals surface area contributed by atoms with Gasteiger partial charge in [-0.2, -0.15) is 0 Å². The van der Waals surface area contributed by atoms with Crippen LogP contribution in [0, 0.1) is 0 Å². The van der Waals surface area contributed by atoms with Crippen molar-refractivity contribution in [1.29, 1.82) is 0 Å². The normalized spacial score (nSPS) is 12.2. The number of nitrogens with zero attached hydrogens (tertiary/aromatic N) is 7. The van der Waals surface area contributed by atoms with Crippen molar-refractivity contribution in [2.75, 3.05) is 0 Å². The Morgan fingerprint density at radius 1 is 1.00 bits per heavy atom. The van der Waals surface area contributed by atoms with Crippen LogP contribution in [0.2, 0.25) is 0 Å². The van der Waals surface area contributed by atoms with Gasteiger partial charge in [-0.3, -0.25) is 0 Å². The number of rotatable bonds is 6. The van der Waals surface area contributed by atoms with E-state index in [9.17, 15) is 0 Å². The molecule has 0 N–H and O–H groups in total. The Labute approximate surface area is 179 Å². The van der Waals surface area contributed by atoms with Crippen molar-refractivity contribution in [3.8, 4) is 11.5 Å². The van der Waals surface area contributed by atoms with Crippen LogP contribution in [0.4, 0.5) is 0 Å². The Morgan fingerprint density at radius 2 is 1.74 bits per heavy atom. The molecule has 0 spiro atoms. The maximum absolute atomic E-state index is 5.74. The molecule has 0 saturated carbocycles. The van der Waals surface area contributed by atoms with Gasteiger partial charge in [0.05, 0.1) is 0 Å². The quantitative estimate of drug-likeness (QED) is 0.349. The average Bonchev–Trinajstić information content (AvgIpc) is 3.41. The molecule has 158 valence electrons. The van der Waals surface area contributed by atoms with E-state index in [4.69, 9.17) is 9.25 Å². The van der Waals surface area contributed by atoms with Gasteiger partial charge in [-0.05, 0) is 33.5 Å². The third-order valence-corrected chi connectivity index (χ3v) is 4.69. The molecule has 0 bridgehead atoms. The first kappa shape index (κ1) is 20.4. The van der Waals surface area contributed by atoms with Crippen molar-refractivity contribution >= 4 is 5.71 Å². The number of hydrogen-bond acceptors (Lipinski definition) is 8. The fourth-order valence-electron chi connectivity index (χ4n) is 2.94. The molecule has 0 aliphatic heterocycles. The van der Waals surface area contributed by atoms with Crippen molar-refractivity contribution in [2.45, 2.75) is 32.8 Å². The molecule has 0 atom stereocenters. The maximum atomic E-state index is 5.74.